The Morgan fingerprint density at radius 3 is 2.08 bits per heavy atom. The van der Waals surface area contributed by atoms with E-state index in [0.717, 1.165) is 16.0 Å². The molecule has 2 rings (SSSR count). The van der Waals surface area contributed by atoms with Crippen LogP contribution in [0.5, 0.6) is 5.75 Å². The molecular formula is C20H32Cl2OSiTi. The molecule has 5 heteroatoms. The topological polar surface area (TPSA) is 9.23 Å². The van der Waals surface area contributed by atoms with Crippen molar-refractivity contribution < 1.29 is 21.1 Å². The molecule has 1 atom stereocenters. The molecule has 25 heavy (non-hydrogen) atoms. The Bertz CT molecular complexity index is 730. The summed E-state index contributed by atoms with van der Waals surface area (Å²) in [4.78, 5) is 4.49. The maximum atomic E-state index is 6.45. The summed E-state index contributed by atoms with van der Waals surface area (Å²) < 4.78 is 7.99. The monoisotopic (exact) mass is 434 g/mol. The number of hydrogen-bond donors (Lipinski definition) is 0. The second-order valence-electron chi connectivity index (χ2n) is 7.88. The summed E-state index contributed by atoms with van der Waals surface area (Å²) in [5.74, 6) is 1.54. The van der Waals surface area contributed by atoms with Crippen molar-refractivity contribution in [2.45, 2.75) is 53.9 Å². The summed E-state index contributed by atoms with van der Waals surface area (Å²) in [6.07, 6.45) is 0. The van der Waals surface area contributed by atoms with Gasteiger partial charge in [0.25, 0.3) is 0 Å². The van der Waals surface area contributed by atoms with Gasteiger partial charge in [0.2, 0.25) is 0 Å². The Hall–Kier alpha value is -0.119. The Balaban J connectivity index is 0.00000288. The van der Waals surface area contributed by atoms with Crippen molar-refractivity contribution in [2.24, 2.45) is 5.92 Å². The molecule has 1 aromatic carbocycles. The number of benzene rings is 1. The van der Waals surface area contributed by atoms with E-state index < -0.39 is 17.8 Å². The van der Waals surface area contributed by atoms with E-state index in [2.05, 4.69) is 71.5 Å². The van der Waals surface area contributed by atoms with Crippen molar-refractivity contribution in [3.63, 3.8) is 0 Å². The van der Waals surface area contributed by atoms with Gasteiger partial charge in [-0.1, -0.05) is 0 Å². The summed E-state index contributed by atoms with van der Waals surface area (Å²) in [6.45, 7) is 15.7. The average Bonchev–Trinajstić information content (AvgIpc) is 2.61. The van der Waals surface area contributed by atoms with Gasteiger partial charge in [0.1, 0.15) is 0 Å². The molecule has 0 aromatic heterocycles. The first kappa shape index (κ1) is 24.9. The molecule has 0 spiro atoms. The third kappa shape index (κ3) is 5.43. The summed E-state index contributed by atoms with van der Waals surface area (Å²) in [5, 5.41) is 1.56. The van der Waals surface area contributed by atoms with E-state index in [1.807, 2.05) is 0 Å². The van der Waals surface area contributed by atoms with Crippen LogP contribution in [0, 0.1) is 12.8 Å². The zero-order valence-electron chi connectivity index (χ0n) is 16.7. The zero-order chi connectivity index (χ0) is 17.5. The van der Waals surface area contributed by atoms with Crippen LogP contribution in [0.4, 0.5) is 0 Å². The summed E-state index contributed by atoms with van der Waals surface area (Å²) in [6, 6.07) is 6.64. The summed E-state index contributed by atoms with van der Waals surface area (Å²) >= 11 is -1.95. The molecule has 0 saturated carbocycles. The van der Waals surface area contributed by atoms with E-state index in [4.69, 9.17) is 3.32 Å². The van der Waals surface area contributed by atoms with Gasteiger partial charge in [0.05, 0.1) is 0 Å². The van der Waals surface area contributed by atoms with Crippen LogP contribution in [-0.4, -0.2) is 15.1 Å². The van der Waals surface area contributed by atoms with E-state index in [9.17, 15) is 0 Å². The molecule has 0 heterocycles. The van der Waals surface area contributed by atoms with E-state index in [-0.39, 0.29) is 30.2 Å². The molecular weight excluding hydrogens is 403 g/mol. The van der Waals surface area contributed by atoms with Crippen LogP contribution in [0.3, 0.4) is 0 Å². The molecule has 0 amide bonds. The van der Waals surface area contributed by atoms with Crippen LogP contribution in [0.25, 0.3) is 0 Å². The normalized spacial score (nSPS) is 17.3. The van der Waals surface area contributed by atoms with Gasteiger partial charge in [-0.2, -0.15) is 0 Å². The van der Waals surface area contributed by atoms with E-state index >= 15 is 0 Å². The molecule has 0 saturated heterocycles. The number of halogens is 2. The van der Waals surface area contributed by atoms with Crippen LogP contribution >= 0.6 is 24.8 Å². The first-order chi connectivity index (χ1) is 10.5. The first-order valence-corrected chi connectivity index (χ1v) is 11.9. The van der Waals surface area contributed by atoms with Crippen molar-refractivity contribution in [1.82, 2.24) is 0 Å². The number of rotatable bonds is 3. The van der Waals surface area contributed by atoms with Crippen molar-refractivity contribution in [3.8, 4) is 5.75 Å². The zero-order valence-corrected chi connectivity index (χ0v) is 21.9. The summed E-state index contributed by atoms with van der Waals surface area (Å²) in [5.41, 5.74) is 5.76. The van der Waals surface area contributed by atoms with Crippen LogP contribution < -0.4 is 3.32 Å². The summed E-state index contributed by atoms with van der Waals surface area (Å²) in [7, 11) is 1.09. The molecule has 1 nitrogen and oxygen atoms in total. The fourth-order valence-corrected chi connectivity index (χ4v) is 8.07. The van der Waals surface area contributed by atoms with E-state index in [1.54, 1.807) is 9.07 Å². The Kier molecular flexibility index (Phi) is 9.15. The van der Waals surface area contributed by atoms with Gasteiger partial charge in [-0.3, -0.25) is 0 Å². The van der Waals surface area contributed by atoms with Crippen LogP contribution in [0.15, 0.2) is 38.4 Å². The molecule has 0 aliphatic heterocycles. The van der Waals surface area contributed by atoms with Crippen LogP contribution in [0.2, 0.25) is 0 Å². The van der Waals surface area contributed by atoms with Gasteiger partial charge in [0.15, 0.2) is 0 Å². The number of aryl methyl sites for hydroxylation is 1. The maximum absolute atomic E-state index is 6.45. The molecule has 1 aliphatic carbocycles. The second kappa shape index (κ2) is 9.19. The van der Waals surface area contributed by atoms with Gasteiger partial charge in [-0.15, -0.1) is 24.8 Å². The van der Waals surface area contributed by atoms with Crippen LogP contribution in [-0.2, 0) is 23.2 Å². The third-order valence-corrected chi connectivity index (χ3v) is 10.1. The Morgan fingerprint density at radius 2 is 1.64 bits per heavy atom. The average molecular weight is 435 g/mol. The molecule has 0 fully saturated rings. The van der Waals surface area contributed by atoms with Gasteiger partial charge in [-0.25, -0.2) is 0 Å². The molecule has 0 bridgehead atoms. The molecule has 0 N–H and O–H groups in total. The SMILES string of the molecule is Cl.Cl.[CH2]=[Ti]([O]c1cc(C)cc(C(C)(C)C)c1)[C]1=C([SiH3])C(C)=C(C)C1C. The molecule has 1 unspecified atom stereocenters. The quantitative estimate of drug-likeness (QED) is 0.605. The van der Waals surface area contributed by atoms with Crippen molar-refractivity contribution in [3.05, 3.63) is 49.5 Å². The van der Waals surface area contributed by atoms with E-state index in [1.165, 1.54) is 22.3 Å². The van der Waals surface area contributed by atoms with Gasteiger partial charge in [0, 0.05) is 0 Å². The van der Waals surface area contributed by atoms with Crippen molar-refractivity contribution in [2.75, 3.05) is 0 Å². The predicted molar refractivity (Wildman–Crippen MR) is 117 cm³/mol. The minimum atomic E-state index is -1.95. The fourth-order valence-electron chi connectivity index (χ4n) is 3.25. The predicted octanol–water partition coefficient (Wildman–Crippen LogP) is 5.04. The molecule has 1 aromatic rings. The van der Waals surface area contributed by atoms with Gasteiger partial charge < -0.3 is 0 Å². The van der Waals surface area contributed by atoms with Crippen LogP contribution in [0.1, 0.15) is 52.7 Å². The number of allylic oxidation sites excluding steroid dienone is 4. The van der Waals surface area contributed by atoms with Crippen molar-refractivity contribution >= 4 is 39.9 Å². The minimum absolute atomic E-state index is 0. The Labute approximate surface area is 175 Å². The molecule has 140 valence electrons. The van der Waals surface area contributed by atoms with Crippen molar-refractivity contribution in [1.29, 1.82) is 0 Å². The first-order valence-electron chi connectivity index (χ1n) is 8.40. The van der Waals surface area contributed by atoms with Gasteiger partial charge in [-0.05, 0) is 0 Å². The third-order valence-electron chi connectivity index (χ3n) is 5.10. The standard InChI is InChI=1S/C11H16O.C8H13Si.CH2.2ClH.Ti/c1-8-5-9(11(2,3)4)7-10(12)6-8;1-5-4-8(9)7(3)6(5)2;;;;/h5-7,12H,1-4H3;5H,1-3,9H3;1H2;2*1H;/q;;;;;+1/p-1. The van der Waals surface area contributed by atoms with Gasteiger partial charge >= 0.3 is 151 Å². The molecule has 0 radical (unpaired) electrons. The van der Waals surface area contributed by atoms with E-state index in [0.29, 0.717) is 5.92 Å². The number of hydrogen-bond acceptors (Lipinski definition) is 1. The molecule has 1 aliphatic rings. The fraction of sp³-hybridized carbons (Fsp3) is 0.450. The Morgan fingerprint density at radius 1 is 1.08 bits per heavy atom. The second-order valence-corrected chi connectivity index (χ2v) is 11.4.